The first-order valence-corrected chi connectivity index (χ1v) is 7.40. The van der Waals surface area contributed by atoms with E-state index >= 15 is 0 Å². The van der Waals surface area contributed by atoms with E-state index in [-0.39, 0.29) is 0 Å². The van der Waals surface area contributed by atoms with Gasteiger partial charge in [-0.25, -0.2) is 4.98 Å². The first kappa shape index (κ1) is 11.7. The molecule has 0 aliphatic heterocycles. The first-order valence-electron chi connectivity index (χ1n) is 6.59. The molecule has 3 heteroatoms. The summed E-state index contributed by atoms with van der Waals surface area (Å²) < 4.78 is 0. The van der Waals surface area contributed by atoms with Crippen molar-refractivity contribution < 1.29 is 0 Å². The molecule has 2 aromatic rings. The Bertz CT molecular complexity index is 542. The quantitative estimate of drug-likeness (QED) is 0.894. The van der Waals surface area contributed by atoms with Gasteiger partial charge >= 0.3 is 0 Å². The minimum atomic E-state index is 0.642. The SMILES string of the molecule is CCc1ccc(C2CCc3nc(N)sc3C2)cc1. The molecule has 3 rings (SSSR count). The van der Waals surface area contributed by atoms with Crippen molar-refractivity contribution in [2.45, 2.75) is 38.5 Å². The number of aromatic nitrogens is 1. The molecule has 0 saturated carbocycles. The highest BCUT2D eigenvalue weighted by atomic mass is 32.1. The first-order chi connectivity index (χ1) is 8.76. The van der Waals surface area contributed by atoms with Gasteiger partial charge in [0.2, 0.25) is 0 Å². The lowest BCUT2D eigenvalue weighted by molar-refractivity contribution is 0.584. The number of fused-ring (bicyclic) bond motifs is 1. The van der Waals surface area contributed by atoms with E-state index in [0.29, 0.717) is 5.92 Å². The number of anilines is 1. The van der Waals surface area contributed by atoms with E-state index in [1.165, 1.54) is 28.1 Å². The Balaban J connectivity index is 1.82. The van der Waals surface area contributed by atoms with Gasteiger partial charge in [-0.3, -0.25) is 0 Å². The summed E-state index contributed by atoms with van der Waals surface area (Å²) in [7, 11) is 0. The van der Waals surface area contributed by atoms with Crippen molar-refractivity contribution in [2.75, 3.05) is 5.73 Å². The summed E-state index contributed by atoms with van der Waals surface area (Å²) in [5.41, 5.74) is 9.90. The van der Waals surface area contributed by atoms with Gasteiger partial charge in [-0.1, -0.05) is 31.2 Å². The zero-order chi connectivity index (χ0) is 12.5. The molecule has 94 valence electrons. The molecule has 0 bridgehead atoms. The molecular weight excluding hydrogens is 240 g/mol. The van der Waals surface area contributed by atoms with Gasteiger partial charge in [0.1, 0.15) is 0 Å². The fourth-order valence-corrected chi connectivity index (χ4v) is 3.66. The summed E-state index contributed by atoms with van der Waals surface area (Å²) in [4.78, 5) is 5.79. The van der Waals surface area contributed by atoms with Gasteiger partial charge in [-0.2, -0.15) is 0 Å². The highest BCUT2D eigenvalue weighted by molar-refractivity contribution is 7.15. The number of hydrogen-bond acceptors (Lipinski definition) is 3. The van der Waals surface area contributed by atoms with E-state index in [1.54, 1.807) is 11.3 Å². The maximum absolute atomic E-state index is 5.79. The lowest BCUT2D eigenvalue weighted by Gasteiger charge is -2.21. The number of hydrogen-bond donors (Lipinski definition) is 1. The maximum Gasteiger partial charge on any atom is 0.180 e. The molecule has 0 saturated heterocycles. The van der Waals surface area contributed by atoms with Crippen LogP contribution in [-0.2, 0) is 19.3 Å². The van der Waals surface area contributed by atoms with Crippen LogP contribution in [0.1, 0.15) is 41.0 Å². The average Bonchev–Trinajstić information content (AvgIpc) is 2.78. The Labute approximate surface area is 112 Å². The van der Waals surface area contributed by atoms with Crippen LogP contribution in [0.3, 0.4) is 0 Å². The number of rotatable bonds is 2. The molecule has 1 unspecified atom stereocenters. The maximum atomic E-state index is 5.79. The molecule has 0 radical (unpaired) electrons. The minimum Gasteiger partial charge on any atom is -0.375 e. The second kappa shape index (κ2) is 4.73. The largest absolute Gasteiger partial charge is 0.375 e. The number of nitrogens with two attached hydrogens (primary N) is 1. The fourth-order valence-electron chi connectivity index (χ4n) is 2.70. The van der Waals surface area contributed by atoms with Gasteiger partial charge < -0.3 is 5.73 Å². The van der Waals surface area contributed by atoms with Crippen LogP contribution in [0.15, 0.2) is 24.3 Å². The smallest absolute Gasteiger partial charge is 0.180 e. The van der Waals surface area contributed by atoms with Gasteiger partial charge in [0.15, 0.2) is 5.13 Å². The normalized spacial score (nSPS) is 18.6. The highest BCUT2D eigenvalue weighted by Gasteiger charge is 2.23. The van der Waals surface area contributed by atoms with Crippen molar-refractivity contribution in [3.05, 3.63) is 46.0 Å². The number of nitrogens with zero attached hydrogens (tertiary/aromatic N) is 1. The van der Waals surface area contributed by atoms with E-state index in [2.05, 4.69) is 36.2 Å². The minimum absolute atomic E-state index is 0.642. The van der Waals surface area contributed by atoms with Gasteiger partial charge in [0.05, 0.1) is 5.69 Å². The second-order valence-corrected chi connectivity index (χ2v) is 6.07. The molecule has 1 heterocycles. The molecule has 0 amide bonds. The zero-order valence-electron chi connectivity index (χ0n) is 10.6. The summed E-state index contributed by atoms with van der Waals surface area (Å²) in [6, 6.07) is 9.09. The van der Waals surface area contributed by atoms with Gasteiger partial charge in [0, 0.05) is 4.88 Å². The summed E-state index contributed by atoms with van der Waals surface area (Å²) in [5.74, 6) is 0.642. The Kier molecular flexibility index (Phi) is 3.08. The van der Waals surface area contributed by atoms with Crippen LogP contribution in [0.25, 0.3) is 0 Å². The lowest BCUT2D eigenvalue weighted by Crippen LogP contribution is -2.11. The van der Waals surface area contributed by atoms with Crippen molar-refractivity contribution >= 4 is 16.5 Å². The number of nitrogen functional groups attached to an aromatic ring is 1. The molecule has 2 N–H and O–H groups in total. The highest BCUT2D eigenvalue weighted by Crippen LogP contribution is 2.36. The van der Waals surface area contributed by atoms with Crippen molar-refractivity contribution in [1.82, 2.24) is 4.98 Å². The molecule has 1 aliphatic carbocycles. The molecule has 2 nitrogen and oxygen atoms in total. The van der Waals surface area contributed by atoms with Crippen molar-refractivity contribution in [2.24, 2.45) is 0 Å². The van der Waals surface area contributed by atoms with Crippen LogP contribution in [0.5, 0.6) is 0 Å². The van der Waals surface area contributed by atoms with Crippen LogP contribution >= 0.6 is 11.3 Å². The fraction of sp³-hybridized carbons (Fsp3) is 0.400. The lowest BCUT2D eigenvalue weighted by atomic mass is 9.85. The van der Waals surface area contributed by atoms with Gasteiger partial charge in [0.25, 0.3) is 0 Å². The van der Waals surface area contributed by atoms with Crippen LogP contribution in [0, 0.1) is 0 Å². The van der Waals surface area contributed by atoms with E-state index in [1.807, 2.05) is 0 Å². The third-order valence-corrected chi connectivity index (χ3v) is 4.76. The summed E-state index contributed by atoms with van der Waals surface area (Å²) in [5, 5.41) is 0.724. The van der Waals surface area contributed by atoms with Gasteiger partial charge in [-0.15, -0.1) is 11.3 Å². The van der Waals surface area contributed by atoms with E-state index in [9.17, 15) is 0 Å². The molecular formula is C15H18N2S. The summed E-state index contributed by atoms with van der Waals surface area (Å²) >= 11 is 1.66. The number of benzene rings is 1. The van der Waals surface area contributed by atoms with E-state index in [4.69, 9.17) is 5.73 Å². The monoisotopic (exact) mass is 258 g/mol. The van der Waals surface area contributed by atoms with Crippen LogP contribution in [0.2, 0.25) is 0 Å². The molecule has 18 heavy (non-hydrogen) atoms. The van der Waals surface area contributed by atoms with E-state index in [0.717, 1.165) is 24.4 Å². The number of aryl methyl sites for hydroxylation is 2. The predicted octanol–water partition coefficient (Wildman–Crippen LogP) is 3.56. The Morgan fingerprint density at radius 3 is 2.83 bits per heavy atom. The Morgan fingerprint density at radius 2 is 2.11 bits per heavy atom. The Hall–Kier alpha value is -1.35. The van der Waals surface area contributed by atoms with Gasteiger partial charge in [-0.05, 0) is 42.7 Å². The summed E-state index contributed by atoms with van der Waals surface area (Å²) in [6.45, 7) is 2.20. The molecule has 1 aromatic heterocycles. The second-order valence-electron chi connectivity index (χ2n) is 4.96. The predicted molar refractivity (Wildman–Crippen MR) is 77.1 cm³/mol. The van der Waals surface area contributed by atoms with Crippen molar-refractivity contribution in [3.8, 4) is 0 Å². The van der Waals surface area contributed by atoms with Crippen LogP contribution in [0.4, 0.5) is 5.13 Å². The zero-order valence-corrected chi connectivity index (χ0v) is 11.5. The summed E-state index contributed by atoms with van der Waals surface area (Å²) in [6.07, 6.45) is 4.49. The standard InChI is InChI=1S/C15H18N2S/c1-2-10-3-5-11(6-4-10)12-7-8-13-14(9-12)18-15(16)17-13/h3-6,12H,2,7-9H2,1H3,(H2,16,17). The van der Waals surface area contributed by atoms with Crippen molar-refractivity contribution in [3.63, 3.8) is 0 Å². The third kappa shape index (κ3) is 2.15. The van der Waals surface area contributed by atoms with E-state index < -0.39 is 0 Å². The van der Waals surface area contributed by atoms with Crippen LogP contribution in [-0.4, -0.2) is 4.98 Å². The average molecular weight is 258 g/mol. The molecule has 0 spiro atoms. The molecule has 0 fully saturated rings. The molecule has 1 aromatic carbocycles. The van der Waals surface area contributed by atoms with Crippen LogP contribution < -0.4 is 5.73 Å². The molecule has 1 aliphatic rings. The topological polar surface area (TPSA) is 38.9 Å². The number of thiazole rings is 1. The Morgan fingerprint density at radius 1 is 1.33 bits per heavy atom. The molecule has 1 atom stereocenters. The third-order valence-electron chi connectivity index (χ3n) is 3.82. The van der Waals surface area contributed by atoms with Crippen molar-refractivity contribution in [1.29, 1.82) is 0 Å².